The fourth-order valence-electron chi connectivity index (χ4n) is 1.27. The lowest BCUT2D eigenvalue weighted by atomic mass is 10.2. The maximum atomic E-state index is 11.4. The molecular weight excluding hydrogens is 258 g/mol. The molecule has 0 aliphatic rings. The van der Waals surface area contributed by atoms with E-state index in [9.17, 15) is 9.90 Å². The van der Waals surface area contributed by atoms with Gasteiger partial charge in [0.05, 0.1) is 18.0 Å². The van der Waals surface area contributed by atoms with Crippen LogP contribution in [0.15, 0.2) is 29.3 Å². The first-order valence-corrected chi connectivity index (χ1v) is 5.13. The molecule has 1 aromatic heterocycles. The number of hydrogen-bond acceptors (Lipinski definition) is 5. The van der Waals surface area contributed by atoms with Crippen LogP contribution in [0.5, 0.6) is 17.4 Å². The number of aromatic amines is 1. The van der Waals surface area contributed by atoms with E-state index in [0.717, 1.165) is 6.33 Å². The first-order valence-electron chi connectivity index (χ1n) is 4.75. The average Bonchev–Trinajstić information content (AvgIpc) is 2.33. The lowest BCUT2D eigenvalue weighted by Gasteiger charge is -2.06. The highest BCUT2D eigenvalue weighted by molar-refractivity contribution is 6.30. The molecule has 1 aromatic carbocycles. The molecule has 1 heterocycles. The smallest absolute Gasteiger partial charge is 0.297 e. The van der Waals surface area contributed by atoms with Crippen molar-refractivity contribution >= 4 is 11.6 Å². The van der Waals surface area contributed by atoms with Gasteiger partial charge in [-0.15, -0.1) is 0 Å². The molecule has 6 nitrogen and oxygen atoms in total. The van der Waals surface area contributed by atoms with E-state index in [1.54, 1.807) is 0 Å². The second-order valence-electron chi connectivity index (χ2n) is 3.27. The van der Waals surface area contributed by atoms with Crippen molar-refractivity contribution in [3.8, 4) is 23.4 Å². The van der Waals surface area contributed by atoms with Gasteiger partial charge < -0.3 is 14.8 Å². The summed E-state index contributed by atoms with van der Waals surface area (Å²) in [7, 11) is 0. The van der Waals surface area contributed by atoms with Crippen LogP contribution in [0.1, 0.15) is 5.56 Å². The number of aromatic hydroxyl groups is 1. The van der Waals surface area contributed by atoms with E-state index < -0.39 is 11.4 Å². The molecule has 0 saturated carbocycles. The monoisotopic (exact) mass is 263 g/mol. The standard InChI is InChI=1S/C11H6ClN3O3/c12-7-1-6(4-13)2-8(3-7)18-9-10(16)14-5-15-11(9)17/h1-3,5H,(H2,14,15,16,17). The number of nitrogens with zero attached hydrogens (tertiary/aromatic N) is 2. The molecule has 0 fully saturated rings. The third kappa shape index (κ3) is 2.42. The summed E-state index contributed by atoms with van der Waals surface area (Å²) >= 11 is 5.78. The van der Waals surface area contributed by atoms with Gasteiger partial charge in [-0.25, -0.2) is 4.98 Å². The van der Waals surface area contributed by atoms with Crippen LogP contribution in [-0.2, 0) is 0 Å². The van der Waals surface area contributed by atoms with Crippen LogP contribution in [0.25, 0.3) is 0 Å². The van der Waals surface area contributed by atoms with Crippen LogP contribution in [0.2, 0.25) is 5.02 Å². The third-order valence-corrected chi connectivity index (χ3v) is 2.23. The molecule has 0 aliphatic heterocycles. The Morgan fingerprint density at radius 3 is 2.89 bits per heavy atom. The van der Waals surface area contributed by atoms with Gasteiger partial charge in [0, 0.05) is 5.02 Å². The second kappa shape index (κ2) is 4.77. The number of benzene rings is 1. The Balaban J connectivity index is 2.44. The Morgan fingerprint density at radius 1 is 1.44 bits per heavy atom. The maximum absolute atomic E-state index is 11.4. The van der Waals surface area contributed by atoms with Crippen molar-refractivity contribution in [2.75, 3.05) is 0 Å². The molecule has 0 atom stereocenters. The molecule has 0 aliphatic carbocycles. The minimum Gasteiger partial charge on any atom is -0.490 e. The van der Waals surface area contributed by atoms with E-state index in [1.807, 2.05) is 6.07 Å². The van der Waals surface area contributed by atoms with Gasteiger partial charge in [-0.2, -0.15) is 5.26 Å². The molecule has 18 heavy (non-hydrogen) atoms. The summed E-state index contributed by atoms with van der Waals surface area (Å²) in [6.07, 6.45) is 1.04. The van der Waals surface area contributed by atoms with Gasteiger partial charge in [0.1, 0.15) is 5.75 Å². The minimum absolute atomic E-state index is 0.160. The molecular formula is C11H6ClN3O3. The molecule has 0 saturated heterocycles. The number of nitriles is 1. The lowest BCUT2D eigenvalue weighted by molar-refractivity contribution is 0.389. The van der Waals surface area contributed by atoms with Gasteiger partial charge in [-0.05, 0) is 18.2 Å². The number of aromatic nitrogens is 2. The fraction of sp³-hybridized carbons (Fsp3) is 0. The molecule has 90 valence electrons. The summed E-state index contributed by atoms with van der Waals surface area (Å²) in [4.78, 5) is 17.1. The quantitative estimate of drug-likeness (QED) is 0.860. The van der Waals surface area contributed by atoms with Crippen LogP contribution in [0.3, 0.4) is 0 Å². The van der Waals surface area contributed by atoms with Crippen LogP contribution >= 0.6 is 11.6 Å². The zero-order valence-corrected chi connectivity index (χ0v) is 9.60. The summed E-state index contributed by atoms with van der Waals surface area (Å²) < 4.78 is 5.17. The number of ether oxygens (including phenoxy) is 1. The molecule has 0 spiro atoms. The van der Waals surface area contributed by atoms with E-state index in [-0.39, 0.29) is 22.1 Å². The summed E-state index contributed by atoms with van der Waals surface area (Å²) in [6.45, 7) is 0. The second-order valence-corrected chi connectivity index (χ2v) is 3.71. The van der Waals surface area contributed by atoms with Crippen molar-refractivity contribution in [2.45, 2.75) is 0 Å². The van der Waals surface area contributed by atoms with Crippen molar-refractivity contribution in [2.24, 2.45) is 0 Å². The number of halogens is 1. The Hall–Kier alpha value is -2.52. The molecule has 2 N–H and O–H groups in total. The van der Waals surface area contributed by atoms with Crippen molar-refractivity contribution in [1.82, 2.24) is 9.97 Å². The summed E-state index contributed by atoms with van der Waals surface area (Å²) in [5.74, 6) is -0.742. The highest BCUT2D eigenvalue weighted by atomic mass is 35.5. The molecule has 0 amide bonds. The van der Waals surface area contributed by atoms with E-state index in [2.05, 4.69) is 9.97 Å². The molecule has 2 aromatic rings. The number of H-pyrrole nitrogens is 1. The Morgan fingerprint density at radius 2 is 2.22 bits per heavy atom. The number of rotatable bonds is 2. The van der Waals surface area contributed by atoms with Gasteiger partial charge in [-0.1, -0.05) is 11.6 Å². The van der Waals surface area contributed by atoms with Crippen LogP contribution in [0.4, 0.5) is 0 Å². The average molecular weight is 264 g/mol. The highest BCUT2D eigenvalue weighted by Crippen LogP contribution is 2.27. The van der Waals surface area contributed by atoms with Crippen molar-refractivity contribution in [3.05, 3.63) is 45.5 Å². The van der Waals surface area contributed by atoms with Crippen molar-refractivity contribution in [3.63, 3.8) is 0 Å². The third-order valence-electron chi connectivity index (χ3n) is 2.01. The summed E-state index contributed by atoms with van der Waals surface area (Å²) in [5.41, 5.74) is -0.363. The van der Waals surface area contributed by atoms with Crippen LogP contribution in [0, 0.1) is 11.3 Å². The van der Waals surface area contributed by atoms with Crippen molar-refractivity contribution < 1.29 is 9.84 Å². The van der Waals surface area contributed by atoms with Crippen LogP contribution in [-0.4, -0.2) is 15.1 Å². The Kier molecular flexibility index (Phi) is 3.17. The molecule has 0 bridgehead atoms. The Labute approximate surface area is 106 Å². The summed E-state index contributed by atoms with van der Waals surface area (Å²) in [5, 5.41) is 18.4. The zero-order valence-electron chi connectivity index (χ0n) is 8.85. The van der Waals surface area contributed by atoms with E-state index in [0.29, 0.717) is 0 Å². The topological polar surface area (TPSA) is 99.0 Å². The predicted molar refractivity (Wildman–Crippen MR) is 62.8 cm³/mol. The van der Waals surface area contributed by atoms with E-state index in [4.69, 9.17) is 21.6 Å². The van der Waals surface area contributed by atoms with Gasteiger partial charge >= 0.3 is 0 Å². The Bertz CT molecular complexity index is 691. The predicted octanol–water partition coefficient (Wildman–Crippen LogP) is 1.79. The summed E-state index contributed by atoms with van der Waals surface area (Å²) in [6, 6.07) is 6.14. The minimum atomic E-state index is -0.638. The first kappa shape index (κ1) is 12.0. The fourth-order valence-corrected chi connectivity index (χ4v) is 1.50. The maximum Gasteiger partial charge on any atom is 0.297 e. The molecule has 0 unspecified atom stereocenters. The van der Waals surface area contributed by atoms with Crippen molar-refractivity contribution in [1.29, 1.82) is 5.26 Å². The lowest BCUT2D eigenvalue weighted by Crippen LogP contribution is -2.08. The largest absolute Gasteiger partial charge is 0.490 e. The normalized spacial score (nSPS) is 9.78. The number of hydrogen-bond donors (Lipinski definition) is 2. The molecule has 7 heteroatoms. The van der Waals surface area contributed by atoms with E-state index >= 15 is 0 Å². The molecule has 0 radical (unpaired) electrons. The van der Waals surface area contributed by atoms with Gasteiger partial charge in [0.15, 0.2) is 0 Å². The van der Waals surface area contributed by atoms with E-state index in [1.165, 1.54) is 18.2 Å². The molecule has 2 rings (SSSR count). The number of nitrogens with one attached hydrogen (secondary N) is 1. The zero-order chi connectivity index (χ0) is 13.1. The SMILES string of the molecule is N#Cc1cc(Cl)cc(Oc2c(O)nc[nH]c2=O)c1. The van der Waals surface area contributed by atoms with Crippen LogP contribution < -0.4 is 10.3 Å². The van der Waals surface area contributed by atoms with Gasteiger partial charge in [-0.3, -0.25) is 4.79 Å². The first-order chi connectivity index (χ1) is 8.60. The highest BCUT2D eigenvalue weighted by Gasteiger charge is 2.11. The van der Waals surface area contributed by atoms with Gasteiger partial charge in [0.25, 0.3) is 17.2 Å². The van der Waals surface area contributed by atoms with Gasteiger partial charge in [0.2, 0.25) is 0 Å².